The third-order valence-corrected chi connectivity index (χ3v) is 3.03. The normalized spacial score (nSPS) is 13.9. The summed E-state index contributed by atoms with van der Waals surface area (Å²) < 4.78 is 24.8. The Labute approximate surface area is 119 Å². The van der Waals surface area contributed by atoms with Crippen LogP contribution in [0, 0.1) is 5.82 Å². The van der Waals surface area contributed by atoms with Crippen LogP contribution in [-0.4, -0.2) is 30.5 Å². The van der Waals surface area contributed by atoms with Crippen molar-refractivity contribution in [1.82, 2.24) is 0 Å². The molecular formula is C15H24FNO3. The van der Waals surface area contributed by atoms with Crippen molar-refractivity contribution in [1.29, 1.82) is 0 Å². The number of nitrogens with two attached hydrogens (primary N) is 1. The Morgan fingerprint density at radius 1 is 1.20 bits per heavy atom. The molecule has 0 amide bonds. The lowest BCUT2D eigenvalue weighted by molar-refractivity contribution is 0.141. The molecule has 0 aliphatic rings. The van der Waals surface area contributed by atoms with Gasteiger partial charge in [-0.2, -0.15) is 0 Å². The highest BCUT2D eigenvalue weighted by atomic mass is 19.1. The van der Waals surface area contributed by atoms with Crippen LogP contribution in [0.3, 0.4) is 0 Å². The van der Waals surface area contributed by atoms with Crippen molar-refractivity contribution in [2.75, 3.05) is 13.2 Å². The van der Waals surface area contributed by atoms with Gasteiger partial charge in [0.25, 0.3) is 0 Å². The number of aliphatic hydroxyl groups is 1. The first-order valence-electron chi connectivity index (χ1n) is 7.01. The molecule has 2 atom stereocenters. The smallest absolute Gasteiger partial charge is 0.164 e. The van der Waals surface area contributed by atoms with Gasteiger partial charge >= 0.3 is 0 Å². The zero-order valence-electron chi connectivity index (χ0n) is 12.4. The van der Waals surface area contributed by atoms with E-state index >= 15 is 0 Å². The van der Waals surface area contributed by atoms with E-state index in [-0.39, 0.29) is 11.9 Å². The Balaban J connectivity index is 2.88. The molecule has 3 N–H and O–H groups in total. The molecule has 0 spiro atoms. The molecule has 0 saturated carbocycles. The van der Waals surface area contributed by atoms with E-state index in [1.807, 2.05) is 13.8 Å². The predicted molar refractivity (Wildman–Crippen MR) is 76.7 cm³/mol. The number of halogens is 1. The first kappa shape index (κ1) is 16.7. The summed E-state index contributed by atoms with van der Waals surface area (Å²) in [4.78, 5) is 0. The first-order valence-corrected chi connectivity index (χ1v) is 7.01. The Morgan fingerprint density at radius 2 is 1.75 bits per heavy atom. The van der Waals surface area contributed by atoms with Crippen molar-refractivity contribution < 1.29 is 19.0 Å². The lowest BCUT2D eigenvalue weighted by atomic mass is 10.0. The summed E-state index contributed by atoms with van der Waals surface area (Å²) in [6.07, 6.45) is 0.173. The molecule has 114 valence electrons. The van der Waals surface area contributed by atoms with Gasteiger partial charge in [0, 0.05) is 12.1 Å². The minimum atomic E-state index is -0.642. The van der Waals surface area contributed by atoms with E-state index in [1.54, 1.807) is 13.0 Å². The van der Waals surface area contributed by atoms with Crippen LogP contribution in [0.25, 0.3) is 0 Å². The maximum absolute atomic E-state index is 14.0. The Morgan fingerprint density at radius 3 is 2.25 bits per heavy atom. The molecule has 0 fully saturated rings. The third-order valence-electron chi connectivity index (χ3n) is 3.03. The van der Waals surface area contributed by atoms with E-state index in [0.29, 0.717) is 43.1 Å². The van der Waals surface area contributed by atoms with Crippen LogP contribution >= 0.6 is 0 Å². The molecule has 2 unspecified atom stereocenters. The monoisotopic (exact) mass is 285 g/mol. The van der Waals surface area contributed by atoms with Crippen molar-refractivity contribution in [3.05, 3.63) is 23.5 Å². The molecule has 0 heterocycles. The van der Waals surface area contributed by atoms with Gasteiger partial charge in [0.2, 0.25) is 0 Å². The molecule has 1 rings (SSSR count). The predicted octanol–water partition coefficient (Wildman–Crippen LogP) is 2.26. The fourth-order valence-electron chi connectivity index (χ4n) is 1.87. The van der Waals surface area contributed by atoms with Crippen molar-refractivity contribution in [3.63, 3.8) is 0 Å². The van der Waals surface area contributed by atoms with Gasteiger partial charge < -0.3 is 20.3 Å². The Bertz CT molecular complexity index is 424. The highest BCUT2D eigenvalue weighted by Crippen LogP contribution is 2.31. The third kappa shape index (κ3) is 4.65. The number of aliphatic hydroxyl groups excluding tert-OH is 1. The van der Waals surface area contributed by atoms with E-state index in [0.717, 1.165) is 0 Å². The molecule has 0 aliphatic heterocycles. The van der Waals surface area contributed by atoms with E-state index in [4.69, 9.17) is 15.2 Å². The number of ether oxygens (including phenoxy) is 2. The standard InChI is InChI=1S/C15H24FNO3/c1-4-19-14-8-11(6-7-13(18)10(3)17)12(16)9-15(14)20-5-2/h8-10,13,18H,4-7,17H2,1-3H3. The average Bonchev–Trinajstić information content (AvgIpc) is 2.40. The maximum atomic E-state index is 14.0. The van der Waals surface area contributed by atoms with E-state index in [1.165, 1.54) is 6.07 Å². The summed E-state index contributed by atoms with van der Waals surface area (Å²) in [6.45, 7) is 6.35. The molecule has 4 nitrogen and oxygen atoms in total. The summed E-state index contributed by atoms with van der Waals surface area (Å²) in [6, 6.07) is 2.65. The molecule has 1 aromatic carbocycles. The largest absolute Gasteiger partial charge is 0.490 e. The van der Waals surface area contributed by atoms with Gasteiger partial charge in [-0.3, -0.25) is 0 Å². The number of hydrogen-bond acceptors (Lipinski definition) is 4. The topological polar surface area (TPSA) is 64.7 Å². The van der Waals surface area contributed by atoms with E-state index in [2.05, 4.69) is 0 Å². The number of benzene rings is 1. The highest BCUT2D eigenvalue weighted by Gasteiger charge is 2.15. The van der Waals surface area contributed by atoms with Crippen molar-refractivity contribution in [2.24, 2.45) is 5.73 Å². The van der Waals surface area contributed by atoms with Gasteiger partial charge in [-0.15, -0.1) is 0 Å². The van der Waals surface area contributed by atoms with Gasteiger partial charge in [-0.25, -0.2) is 4.39 Å². The fraction of sp³-hybridized carbons (Fsp3) is 0.600. The molecule has 0 bridgehead atoms. The van der Waals surface area contributed by atoms with Crippen LogP contribution in [0.4, 0.5) is 4.39 Å². The van der Waals surface area contributed by atoms with Crippen molar-refractivity contribution >= 4 is 0 Å². The summed E-state index contributed by atoms with van der Waals surface area (Å²) in [5, 5.41) is 9.69. The molecule has 5 heteroatoms. The zero-order valence-corrected chi connectivity index (χ0v) is 12.4. The molecule has 0 aliphatic carbocycles. The molecule has 0 saturated heterocycles. The fourth-order valence-corrected chi connectivity index (χ4v) is 1.87. The van der Waals surface area contributed by atoms with Crippen LogP contribution in [0.5, 0.6) is 11.5 Å². The second kappa shape index (κ2) is 8.07. The lowest BCUT2D eigenvalue weighted by Crippen LogP contribution is -2.31. The van der Waals surface area contributed by atoms with Gasteiger partial charge in [-0.1, -0.05) is 0 Å². The second-order valence-electron chi connectivity index (χ2n) is 4.72. The maximum Gasteiger partial charge on any atom is 0.164 e. The summed E-state index contributed by atoms with van der Waals surface area (Å²) >= 11 is 0. The molecular weight excluding hydrogens is 261 g/mol. The molecule has 0 radical (unpaired) electrons. The zero-order chi connectivity index (χ0) is 15.1. The number of rotatable bonds is 8. The SMILES string of the molecule is CCOc1cc(F)c(CCC(O)C(C)N)cc1OCC. The highest BCUT2D eigenvalue weighted by molar-refractivity contribution is 5.44. The van der Waals surface area contributed by atoms with Gasteiger partial charge in [-0.05, 0) is 45.2 Å². The molecule has 20 heavy (non-hydrogen) atoms. The summed E-state index contributed by atoms with van der Waals surface area (Å²) in [5.74, 6) is 0.582. The van der Waals surface area contributed by atoms with Crippen LogP contribution in [0.1, 0.15) is 32.8 Å². The minimum Gasteiger partial charge on any atom is -0.490 e. The van der Waals surface area contributed by atoms with Crippen molar-refractivity contribution in [3.8, 4) is 11.5 Å². The molecule has 0 aromatic heterocycles. The van der Waals surface area contributed by atoms with Gasteiger partial charge in [0.05, 0.1) is 19.3 Å². The first-order chi connectivity index (χ1) is 9.49. The quantitative estimate of drug-likeness (QED) is 0.769. The van der Waals surface area contributed by atoms with E-state index < -0.39 is 6.10 Å². The lowest BCUT2D eigenvalue weighted by Gasteiger charge is -2.16. The average molecular weight is 285 g/mol. The van der Waals surface area contributed by atoms with Crippen molar-refractivity contribution in [2.45, 2.75) is 45.8 Å². The Kier molecular flexibility index (Phi) is 6.75. The van der Waals surface area contributed by atoms with Gasteiger partial charge in [0.1, 0.15) is 5.82 Å². The number of hydrogen-bond donors (Lipinski definition) is 2. The van der Waals surface area contributed by atoms with Crippen LogP contribution < -0.4 is 15.2 Å². The van der Waals surface area contributed by atoms with Crippen LogP contribution in [0.2, 0.25) is 0 Å². The van der Waals surface area contributed by atoms with E-state index in [9.17, 15) is 9.50 Å². The second-order valence-corrected chi connectivity index (χ2v) is 4.72. The Hall–Kier alpha value is -1.33. The van der Waals surface area contributed by atoms with Crippen LogP contribution in [-0.2, 0) is 6.42 Å². The molecule has 1 aromatic rings. The van der Waals surface area contributed by atoms with Crippen LogP contribution in [0.15, 0.2) is 12.1 Å². The van der Waals surface area contributed by atoms with Gasteiger partial charge in [0.15, 0.2) is 11.5 Å². The number of aryl methyl sites for hydroxylation is 1. The summed E-state index contributed by atoms with van der Waals surface area (Å²) in [5.41, 5.74) is 6.09. The minimum absolute atomic E-state index is 0.327. The summed E-state index contributed by atoms with van der Waals surface area (Å²) in [7, 11) is 0.